The smallest absolute Gasteiger partial charge is 0.343 e. The molecule has 4 heteroatoms. The standard InChI is InChI=1S/C17H14N2O2/c20-17-15(12-18-11-13-7-3-1-4-8-13)19-16(21-17)14-9-5-2-6-10-14/h1-10,12,15H,11H2. The number of ether oxygens (including phenoxy) is 1. The second-order valence-corrected chi connectivity index (χ2v) is 4.64. The van der Waals surface area contributed by atoms with Crippen LogP contribution in [0.15, 0.2) is 70.6 Å². The van der Waals surface area contributed by atoms with Crippen molar-refractivity contribution in [2.24, 2.45) is 9.98 Å². The van der Waals surface area contributed by atoms with Gasteiger partial charge in [-0.15, -0.1) is 0 Å². The minimum Gasteiger partial charge on any atom is -0.405 e. The lowest BCUT2D eigenvalue weighted by molar-refractivity contribution is -0.133. The molecule has 1 unspecified atom stereocenters. The molecular formula is C17H14N2O2. The van der Waals surface area contributed by atoms with Crippen molar-refractivity contribution < 1.29 is 9.53 Å². The monoisotopic (exact) mass is 278 g/mol. The lowest BCUT2D eigenvalue weighted by atomic mass is 10.2. The maximum atomic E-state index is 11.8. The van der Waals surface area contributed by atoms with E-state index >= 15 is 0 Å². The fourth-order valence-corrected chi connectivity index (χ4v) is 2.01. The molecule has 0 spiro atoms. The summed E-state index contributed by atoms with van der Waals surface area (Å²) in [5, 5.41) is 0. The van der Waals surface area contributed by atoms with E-state index in [0.29, 0.717) is 12.4 Å². The number of carbonyl (C=O) groups is 1. The van der Waals surface area contributed by atoms with E-state index in [-0.39, 0.29) is 5.97 Å². The molecule has 1 aliphatic rings. The van der Waals surface area contributed by atoms with Gasteiger partial charge >= 0.3 is 5.97 Å². The Morgan fingerprint density at radius 3 is 2.43 bits per heavy atom. The third kappa shape index (κ3) is 3.23. The molecule has 21 heavy (non-hydrogen) atoms. The van der Waals surface area contributed by atoms with E-state index in [9.17, 15) is 4.79 Å². The minimum absolute atomic E-state index is 0.358. The van der Waals surface area contributed by atoms with Crippen LogP contribution in [0.4, 0.5) is 0 Å². The second kappa shape index (κ2) is 6.13. The fourth-order valence-electron chi connectivity index (χ4n) is 2.01. The average molecular weight is 278 g/mol. The first-order valence-corrected chi connectivity index (χ1v) is 6.72. The van der Waals surface area contributed by atoms with Crippen LogP contribution < -0.4 is 0 Å². The number of aliphatic imine (C=N–C) groups is 2. The molecule has 104 valence electrons. The normalized spacial score (nSPS) is 17.8. The Balaban J connectivity index is 1.68. The van der Waals surface area contributed by atoms with Gasteiger partial charge in [0.2, 0.25) is 5.90 Å². The zero-order valence-electron chi connectivity index (χ0n) is 11.3. The first-order valence-electron chi connectivity index (χ1n) is 6.72. The van der Waals surface area contributed by atoms with Crippen molar-refractivity contribution in [1.82, 2.24) is 0 Å². The van der Waals surface area contributed by atoms with E-state index in [4.69, 9.17) is 4.74 Å². The van der Waals surface area contributed by atoms with Gasteiger partial charge in [0.15, 0.2) is 6.04 Å². The Labute approximate surface area is 122 Å². The van der Waals surface area contributed by atoms with Gasteiger partial charge < -0.3 is 4.74 Å². The van der Waals surface area contributed by atoms with Crippen LogP contribution in [0.5, 0.6) is 0 Å². The molecule has 0 N–H and O–H groups in total. The Morgan fingerprint density at radius 2 is 1.71 bits per heavy atom. The number of benzene rings is 2. The first kappa shape index (κ1) is 13.2. The first-order chi connectivity index (χ1) is 10.3. The Kier molecular flexibility index (Phi) is 3.87. The number of nitrogens with zero attached hydrogens (tertiary/aromatic N) is 2. The molecule has 3 rings (SSSR count). The van der Waals surface area contributed by atoms with Gasteiger partial charge in [-0.3, -0.25) is 4.99 Å². The number of hydrogen-bond acceptors (Lipinski definition) is 4. The van der Waals surface area contributed by atoms with Crippen LogP contribution in [-0.4, -0.2) is 24.1 Å². The van der Waals surface area contributed by atoms with Gasteiger partial charge in [0, 0.05) is 11.8 Å². The zero-order valence-corrected chi connectivity index (χ0v) is 11.3. The Bertz CT molecular complexity index is 678. The lowest BCUT2D eigenvalue weighted by Gasteiger charge is -1.97. The molecule has 1 atom stereocenters. The van der Waals surface area contributed by atoms with Crippen LogP contribution >= 0.6 is 0 Å². The molecule has 0 aliphatic carbocycles. The number of esters is 1. The van der Waals surface area contributed by atoms with Crippen molar-refractivity contribution in [3.63, 3.8) is 0 Å². The van der Waals surface area contributed by atoms with Crippen molar-refractivity contribution >= 4 is 18.1 Å². The van der Waals surface area contributed by atoms with Crippen LogP contribution in [0.25, 0.3) is 0 Å². The summed E-state index contributed by atoms with van der Waals surface area (Å²) in [4.78, 5) is 20.3. The van der Waals surface area contributed by atoms with E-state index in [2.05, 4.69) is 9.98 Å². The number of hydrogen-bond donors (Lipinski definition) is 0. The molecule has 0 aromatic heterocycles. The predicted octanol–water partition coefficient (Wildman–Crippen LogP) is 2.63. The topological polar surface area (TPSA) is 51.0 Å². The average Bonchev–Trinajstić information content (AvgIpc) is 2.91. The highest BCUT2D eigenvalue weighted by Crippen LogP contribution is 2.12. The van der Waals surface area contributed by atoms with Crippen molar-refractivity contribution in [3.05, 3.63) is 71.8 Å². The molecule has 0 saturated carbocycles. The molecule has 4 nitrogen and oxygen atoms in total. The molecule has 0 amide bonds. The maximum absolute atomic E-state index is 11.8. The van der Waals surface area contributed by atoms with Crippen LogP contribution in [0.1, 0.15) is 11.1 Å². The van der Waals surface area contributed by atoms with Gasteiger partial charge in [-0.05, 0) is 17.7 Å². The summed E-state index contributed by atoms with van der Waals surface area (Å²) in [5.74, 6) is -0.0255. The van der Waals surface area contributed by atoms with E-state index < -0.39 is 6.04 Å². The van der Waals surface area contributed by atoms with Gasteiger partial charge in [0.25, 0.3) is 0 Å². The van der Waals surface area contributed by atoms with Gasteiger partial charge in [-0.25, -0.2) is 9.79 Å². The van der Waals surface area contributed by atoms with Crippen LogP contribution in [0.3, 0.4) is 0 Å². The van der Waals surface area contributed by atoms with E-state index in [1.54, 1.807) is 6.21 Å². The summed E-state index contributed by atoms with van der Waals surface area (Å²) in [6, 6.07) is 18.6. The summed E-state index contributed by atoms with van der Waals surface area (Å²) < 4.78 is 5.18. The fraction of sp³-hybridized carbons (Fsp3) is 0.118. The van der Waals surface area contributed by atoms with E-state index in [1.165, 1.54) is 0 Å². The summed E-state index contributed by atoms with van der Waals surface area (Å²) in [6.45, 7) is 0.529. The van der Waals surface area contributed by atoms with Crippen molar-refractivity contribution in [2.45, 2.75) is 12.6 Å². The maximum Gasteiger partial charge on any atom is 0.343 e. The quantitative estimate of drug-likeness (QED) is 0.637. The molecule has 2 aromatic carbocycles. The van der Waals surface area contributed by atoms with Crippen LogP contribution in [0.2, 0.25) is 0 Å². The van der Waals surface area contributed by atoms with Crippen molar-refractivity contribution in [2.75, 3.05) is 0 Å². The highest BCUT2D eigenvalue weighted by atomic mass is 16.6. The summed E-state index contributed by atoms with van der Waals surface area (Å²) in [6.07, 6.45) is 1.55. The number of carbonyl (C=O) groups excluding carboxylic acids is 1. The molecule has 2 aromatic rings. The highest BCUT2D eigenvalue weighted by molar-refractivity contribution is 6.11. The molecular weight excluding hydrogens is 264 g/mol. The second-order valence-electron chi connectivity index (χ2n) is 4.64. The number of rotatable bonds is 4. The highest BCUT2D eigenvalue weighted by Gasteiger charge is 2.28. The van der Waals surface area contributed by atoms with Crippen molar-refractivity contribution in [3.8, 4) is 0 Å². The third-order valence-corrected chi connectivity index (χ3v) is 3.08. The van der Waals surface area contributed by atoms with Crippen molar-refractivity contribution in [1.29, 1.82) is 0 Å². The van der Waals surface area contributed by atoms with Gasteiger partial charge in [0.05, 0.1) is 6.54 Å². The Morgan fingerprint density at radius 1 is 1.05 bits per heavy atom. The van der Waals surface area contributed by atoms with E-state index in [1.807, 2.05) is 60.7 Å². The molecule has 0 fully saturated rings. The molecule has 0 bridgehead atoms. The molecule has 1 heterocycles. The van der Waals surface area contributed by atoms with Gasteiger partial charge in [-0.2, -0.15) is 0 Å². The predicted molar refractivity (Wildman–Crippen MR) is 81.5 cm³/mol. The summed E-state index contributed by atoms with van der Waals surface area (Å²) in [5.41, 5.74) is 1.89. The minimum atomic E-state index is -0.649. The lowest BCUT2D eigenvalue weighted by Crippen LogP contribution is -2.16. The van der Waals surface area contributed by atoms with Gasteiger partial charge in [0.1, 0.15) is 0 Å². The summed E-state index contributed by atoms with van der Waals surface area (Å²) >= 11 is 0. The van der Waals surface area contributed by atoms with Gasteiger partial charge in [-0.1, -0.05) is 48.5 Å². The third-order valence-electron chi connectivity index (χ3n) is 3.08. The van der Waals surface area contributed by atoms with Crippen LogP contribution in [-0.2, 0) is 16.1 Å². The summed E-state index contributed by atoms with van der Waals surface area (Å²) in [7, 11) is 0. The molecule has 0 saturated heterocycles. The molecule has 0 radical (unpaired) electrons. The molecule has 1 aliphatic heterocycles. The van der Waals surface area contributed by atoms with Crippen LogP contribution in [0, 0.1) is 0 Å². The zero-order chi connectivity index (χ0) is 14.5. The van der Waals surface area contributed by atoms with E-state index in [0.717, 1.165) is 11.1 Å². The number of cyclic esters (lactones) is 1. The Hall–Kier alpha value is -2.75. The largest absolute Gasteiger partial charge is 0.405 e. The SMILES string of the molecule is O=C1OC(c2ccccc2)=NC1C=NCc1ccccc1.